The summed E-state index contributed by atoms with van der Waals surface area (Å²) in [5.41, 5.74) is 0.822. The van der Waals surface area contributed by atoms with Gasteiger partial charge in [-0.15, -0.1) is 0 Å². The first kappa shape index (κ1) is 16.5. The average Bonchev–Trinajstić information content (AvgIpc) is 2.52. The summed E-state index contributed by atoms with van der Waals surface area (Å²) in [5.74, 6) is -2.39. The smallest absolute Gasteiger partial charge is 0.326 e. The lowest BCUT2D eigenvalue weighted by molar-refractivity contribution is -0.148. The van der Waals surface area contributed by atoms with Gasteiger partial charge < -0.3 is 15.2 Å². The van der Waals surface area contributed by atoms with Crippen molar-refractivity contribution in [1.82, 2.24) is 5.32 Å². The maximum Gasteiger partial charge on any atom is 0.326 e. The van der Waals surface area contributed by atoms with E-state index >= 15 is 0 Å². The first-order valence-electron chi connectivity index (χ1n) is 7.09. The third kappa shape index (κ3) is 4.54. The molecule has 0 spiro atoms. The van der Waals surface area contributed by atoms with E-state index in [-0.39, 0.29) is 6.42 Å². The van der Waals surface area contributed by atoms with Gasteiger partial charge in [-0.05, 0) is 16.3 Å². The van der Waals surface area contributed by atoms with Crippen LogP contribution in [0.4, 0.5) is 0 Å². The van der Waals surface area contributed by atoms with Crippen molar-refractivity contribution in [2.24, 2.45) is 0 Å². The molecule has 23 heavy (non-hydrogen) atoms. The first-order valence-corrected chi connectivity index (χ1v) is 7.09. The number of nitrogens with one attached hydrogen (secondary N) is 1. The fourth-order valence-corrected chi connectivity index (χ4v) is 2.29. The van der Waals surface area contributed by atoms with Crippen LogP contribution in [0.15, 0.2) is 42.5 Å². The summed E-state index contributed by atoms with van der Waals surface area (Å²) in [7, 11) is 0. The van der Waals surface area contributed by atoms with Crippen molar-refractivity contribution < 1.29 is 24.2 Å². The molecule has 0 fully saturated rings. The van der Waals surface area contributed by atoms with Gasteiger partial charge in [0.15, 0.2) is 6.61 Å². The second-order valence-corrected chi connectivity index (χ2v) is 5.08. The second-order valence-electron chi connectivity index (χ2n) is 5.08. The number of carbonyl (C=O) groups is 3. The summed E-state index contributed by atoms with van der Waals surface area (Å²) in [5, 5.41) is 13.6. The van der Waals surface area contributed by atoms with E-state index in [2.05, 4.69) is 10.1 Å². The number of hydrogen-bond donors (Lipinski definition) is 2. The van der Waals surface area contributed by atoms with Crippen molar-refractivity contribution in [3.8, 4) is 0 Å². The van der Waals surface area contributed by atoms with Gasteiger partial charge in [-0.2, -0.15) is 0 Å². The highest BCUT2D eigenvalue weighted by Crippen LogP contribution is 2.19. The molecule has 2 aromatic carbocycles. The SMILES string of the molecule is CC(=O)OCC(=O)N[C@@H](Cc1cccc2ccccc12)C(=O)O. The number of carboxylic acid groups (broad SMARTS) is 1. The topological polar surface area (TPSA) is 92.7 Å². The van der Waals surface area contributed by atoms with Crippen LogP contribution in [0.2, 0.25) is 0 Å². The highest BCUT2D eigenvalue weighted by Gasteiger charge is 2.21. The molecule has 1 amide bonds. The standard InChI is InChI=1S/C17H17NO5/c1-11(19)23-10-16(20)18-15(17(21)22)9-13-7-4-6-12-5-2-3-8-14(12)13/h2-8,15H,9-10H2,1H3,(H,18,20)(H,21,22)/t15-/m0/s1. The molecule has 0 unspecified atom stereocenters. The first-order chi connectivity index (χ1) is 11.0. The lowest BCUT2D eigenvalue weighted by Crippen LogP contribution is -2.44. The van der Waals surface area contributed by atoms with Crippen LogP contribution in [0.3, 0.4) is 0 Å². The van der Waals surface area contributed by atoms with E-state index in [0.29, 0.717) is 0 Å². The van der Waals surface area contributed by atoms with Crippen molar-refractivity contribution in [1.29, 1.82) is 0 Å². The number of carboxylic acids is 1. The Hall–Kier alpha value is -2.89. The summed E-state index contributed by atoms with van der Waals surface area (Å²) in [4.78, 5) is 33.7. The van der Waals surface area contributed by atoms with Crippen LogP contribution < -0.4 is 5.32 Å². The van der Waals surface area contributed by atoms with Crippen molar-refractivity contribution in [2.75, 3.05) is 6.61 Å². The Morgan fingerprint density at radius 2 is 1.83 bits per heavy atom. The van der Waals surface area contributed by atoms with Gasteiger partial charge in [-0.3, -0.25) is 9.59 Å². The molecular weight excluding hydrogens is 298 g/mol. The van der Waals surface area contributed by atoms with Crippen LogP contribution in [0.1, 0.15) is 12.5 Å². The zero-order valence-electron chi connectivity index (χ0n) is 12.6. The number of aliphatic carboxylic acids is 1. The Balaban J connectivity index is 2.14. The van der Waals surface area contributed by atoms with E-state index in [9.17, 15) is 19.5 Å². The molecule has 6 nitrogen and oxygen atoms in total. The lowest BCUT2D eigenvalue weighted by Gasteiger charge is -2.16. The van der Waals surface area contributed by atoms with Crippen molar-refractivity contribution >= 4 is 28.6 Å². The predicted octanol–water partition coefficient (Wildman–Crippen LogP) is 1.51. The predicted molar refractivity (Wildman–Crippen MR) is 83.9 cm³/mol. The quantitative estimate of drug-likeness (QED) is 0.788. The zero-order chi connectivity index (χ0) is 16.8. The molecule has 0 saturated carbocycles. The van der Waals surface area contributed by atoms with Gasteiger partial charge in [-0.1, -0.05) is 42.5 Å². The molecule has 1 atom stereocenters. The monoisotopic (exact) mass is 315 g/mol. The number of ether oxygens (including phenoxy) is 1. The number of esters is 1. The normalized spacial score (nSPS) is 11.7. The third-order valence-corrected chi connectivity index (χ3v) is 3.34. The summed E-state index contributed by atoms with van der Waals surface area (Å²) < 4.78 is 4.56. The van der Waals surface area contributed by atoms with E-state index in [1.807, 2.05) is 42.5 Å². The minimum Gasteiger partial charge on any atom is -0.480 e. The molecule has 0 radical (unpaired) electrons. The van der Waals surface area contributed by atoms with Crippen LogP contribution in [0.5, 0.6) is 0 Å². The fraction of sp³-hybridized carbons (Fsp3) is 0.235. The molecule has 2 N–H and O–H groups in total. The van der Waals surface area contributed by atoms with E-state index in [0.717, 1.165) is 16.3 Å². The third-order valence-electron chi connectivity index (χ3n) is 3.34. The molecule has 0 aliphatic carbocycles. The van der Waals surface area contributed by atoms with Crippen molar-refractivity contribution in [3.05, 3.63) is 48.0 Å². The molecule has 6 heteroatoms. The molecule has 0 aliphatic heterocycles. The molecule has 2 rings (SSSR count). The van der Waals surface area contributed by atoms with Crippen LogP contribution in [-0.4, -0.2) is 35.6 Å². The Bertz CT molecular complexity index is 735. The van der Waals surface area contributed by atoms with E-state index in [4.69, 9.17) is 0 Å². The second kappa shape index (κ2) is 7.40. The zero-order valence-corrected chi connectivity index (χ0v) is 12.6. The number of fused-ring (bicyclic) bond motifs is 1. The minimum absolute atomic E-state index is 0.141. The van der Waals surface area contributed by atoms with Crippen molar-refractivity contribution in [2.45, 2.75) is 19.4 Å². The van der Waals surface area contributed by atoms with Gasteiger partial charge in [0.05, 0.1) is 0 Å². The van der Waals surface area contributed by atoms with E-state index in [1.165, 1.54) is 6.92 Å². The molecule has 0 aromatic heterocycles. The number of rotatable bonds is 6. The Labute approximate surface area is 133 Å². The summed E-state index contributed by atoms with van der Waals surface area (Å²) in [6, 6.07) is 12.1. The number of hydrogen-bond acceptors (Lipinski definition) is 4. The number of amides is 1. The van der Waals surface area contributed by atoms with Gasteiger partial charge in [0, 0.05) is 13.3 Å². The van der Waals surface area contributed by atoms with Gasteiger partial charge in [0.2, 0.25) is 0 Å². The highest BCUT2D eigenvalue weighted by molar-refractivity contribution is 5.88. The average molecular weight is 315 g/mol. The van der Waals surface area contributed by atoms with Crippen LogP contribution >= 0.6 is 0 Å². The van der Waals surface area contributed by atoms with Crippen LogP contribution in [-0.2, 0) is 25.5 Å². The van der Waals surface area contributed by atoms with E-state index < -0.39 is 30.5 Å². The van der Waals surface area contributed by atoms with Gasteiger partial charge in [-0.25, -0.2) is 4.79 Å². The molecule has 2 aromatic rings. The van der Waals surface area contributed by atoms with Crippen LogP contribution in [0, 0.1) is 0 Å². The lowest BCUT2D eigenvalue weighted by atomic mass is 9.99. The molecule has 0 aliphatic rings. The van der Waals surface area contributed by atoms with Crippen LogP contribution in [0.25, 0.3) is 10.8 Å². The molecular formula is C17H17NO5. The minimum atomic E-state index is -1.14. The Kier molecular flexibility index (Phi) is 5.30. The maximum atomic E-state index is 11.7. The van der Waals surface area contributed by atoms with Gasteiger partial charge in [0.25, 0.3) is 5.91 Å². The van der Waals surface area contributed by atoms with Gasteiger partial charge in [0.1, 0.15) is 6.04 Å². The molecule has 0 saturated heterocycles. The molecule has 120 valence electrons. The maximum absolute atomic E-state index is 11.7. The molecule has 0 heterocycles. The Morgan fingerprint density at radius 3 is 2.52 bits per heavy atom. The number of carbonyl (C=O) groups excluding carboxylic acids is 2. The fourth-order valence-electron chi connectivity index (χ4n) is 2.29. The number of benzene rings is 2. The summed E-state index contributed by atoms with van der Waals surface area (Å²) >= 11 is 0. The van der Waals surface area contributed by atoms with Gasteiger partial charge >= 0.3 is 11.9 Å². The van der Waals surface area contributed by atoms with E-state index in [1.54, 1.807) is 0 Å². The summed E-state index contributed by atoms with van der Waals surface area (Å²) in [6.07, 6.45) is 0.141. The van der Waals surface area contributed by atoms with Crippen molar-refractivity contribution in [3.63, 3.8) is 0 Å². The molecule has 0 bridgehead atoms. The summed E-state index contributed by atoms with van der Waals surface area (Å²) in [6.45, 7) is 0.687. The highest BCUT2D eigenvalue weighted by atomic mass is 16.5. The largest absolute Gasteiger partial charge is 0.480 e. The Morgan fingerprint density at radius 1 is 1.13 bits per heavy atom.